The van der Waals surface area contributed by atoms with E-state index in [1.54, 1.807) is 31.2 Å². The number of benzene rings is 2. The van der Waals surface area contributed by atoms with Crippen molar-refractivity contribution in [3.63, 3.8) is 0 Å². The second-order valence-corrected chi connectivity index (χ2v) is 7.83. The van der Waals surface area contributed by atoms with Crippen LogP contribution < -0.4 is 19.5 Å². The summed E-state index contributed by atoms with van der Waals surface area (Å²) in [6, 6.07) is 13.7. The first-order valence-electron chi connectivity index (χ1n) is 11.5. The summed E-state index contributed by atoms with van der Waals surface area (Å²) < 4.78 is 44.7. The van der Waals surface area contributed by atoms with Crippen LogP contribution in [0, 0.1) is 6.92 Å². The van der Waals surface area contributed by atoms with Gasteiger partial charge in [0.05, 0.1) is 19.4 Å². The van der Waals surface area contributed by atoms with Gasteiger partial charge in [-0.05, 0) is 68.8 Å². The minimum Gasteiger partial charge on any atom is -0.490 e. The van der Waals surface area contributed by atoms with E-state index in [2.05, 4.69) is 15.4 Å². The summed E-state index contributed by atoms with van der Waals surface area (Å²) in [6.45, 7) is 6.80. The first kappa shape index (κ1) is 24.9. The van der Waals surface area contributed by atoms with Gasteiger partial charge in [-0.25, -0.2) is 18.3 Å². The first-order valence-corrected chi connectivity index (χ1v) is 11.5. The lowest BCUT2D eigenvalue weighted by molar-refractivity contribution is 0.102. The molecule has 0 fully saturated rings. The van der Waals surface area contributed by atoms with E-state index in [0.717, 1.165) is 10.1 Å². The number of aryl methyl sites for hydroxylation is 1. The van der Waals surface area contributed by atoms with Crippen molar-refractivity contribution in [1.29, 1.82) is 0 Å². The molecule has 0 saturated heterocycles. The Morgan fingerprint density at radius 2 is 1.72 bits per heavy atom. The molecule has 0 spiro atoms. The van der Waals surface area contributed by atoms with Gasteiger partial charge in [-0.15, -0.1) is 0 Å². The minimum atomic E-state index is -2.74. The molecule has 10 heteroatoms. The van der Waals surface area contributed by atoms with E-state index < -0.39 is 12.3 Å². The van der Waals surface area contributed by atoms with Crippen molar-refractivity contribution in [1.82, 2.24) is 14.6 Å². The Hall–Kier alpha value is -4.21. The zero-order valence-electron chi connectivity index (χ0n) is 20.1. The predicted octanol–water partition coefficient (Wildman–Crippen LogP) is 5.60. The molecular formula is C26H26F2N4O4. The van der Waals surface area contributed by atoms with Crippen molar-refractivity contribution in [2.24, 2.45) is 0 Å². The molecule has 4 rings (SSSR count). The summed E-state index contributed by atoms with van der Waals surface area (Å²) in [4.78, 5) is 17.0. The van der Waals surface area contributed by atoms with Gasteiger partial charge in [0.2, 0.25) is 0 Å². The Balaban J connectivity index is 1.42. The Bertz CT molecular complexity index is 1360. The largest absolute Gasteiger partial charge is 0.490 e. The van der Waals surface area contributed by atoms with E-state index in [9.17, 15) is 13.6 Å². The first-order chi connectivity index (χ1) is 17.4. The molecule has 36 heavy (non-hydrogen) atoms. The SMILES string of the molecule is CCOc1ccc(COc2ccc(NC(=O)c3cnn4c(C(F)F)cc(C)nc34)cc2)cc1OCC. The number of nitrogens with one attached hydrogen (secondary N) is 1. The molecule has 0 radical (unpaired) electrons. The molecular weight excluding hydrogens is 470 g/mol. The lowest BCUT2D eigenvalue weighted by Gasteiger charge is -2.13. The average Bonchev–Trinajstić information content (AvgIpc) is 3.28. The third-order valence-corrected chi connectivity index (χ3v) is 5.22. The van der Waals surface area contributed by atoms with Crippen LogP contribution in [0.2, 0.25) is 0 Å². The molecule has 0 aliphatic heterocycles. The lowest BCUT2D eigenvalue weighted by atomic mass is 10.2. The molecule has 0 aliphatic rings. The molecule has 2 aromatic heterocycles. The normalized spacial score (nSPS) is 11.1. The highest BCUT2D eigenvalue weighted by molar-refractivity contribution is 6.08. The second-order valence-electron chi connectivity index (χ2n) is 7.83. The third kappa shape index (κ3) is 5.54. The van der Waals surface area contributed by atoms with Crippen molar-refractivity contribution in [3.8, 4) is 17.2 Å². The van der Waals surface area contributed by atoms with E-state index in [-0.39, 0.29) is 16.9 Å². The summed E-state index contributed by atoms with van der Waals surface area (Å²) in [7, 11) is 0. The third-order valence-electron chi connectivity index (χ3n) is 5.22. The number of carbonyl (C=O) groups is 1. The predicted molar refractivity (Wildman–Crippen MR) is 130 cm³/mol. The van der Waals surface area contributed by atoms with Crippen molar-refractivity contribution in [2.75, 3.05) is 18.5 Å². The minimum absolute atomic E-state index is 0.0736. The molecule has 1 N–H and O–H groups in total. The fraction of sp³-hybridized carbons (Fsp3) is 0.269. The monoisotopic (exact) mass is 496 g/mol. The van der Waals surface area contributed by atoms with Crippen molar-refractivity contribution >= 4 is 17.2 Å². The number of fused-ring (bicyclic) bond motifs is 1. The summed E-state index contributed by atoms with van der Waals surface area (Å²) in [5.41, 5.74) is 1.64. The number of amides is 1. The summed E-state index contributed by atoms with van der Waals surface area (Å²) in [6.07, 6.45) is -1.51. The summed E-state index contributed by atoms with van der Waals surface area (Å²) in [5.74, 6) is 1.45. The molecule has 0 unspecified atom stereocenters. The molecule has 0 bridgehead atoms. The van der Waals surface area contributed by atoms with Gasteiger partial charge in [0.1, 0.15) is 23.6 Å². The van der Waals surface area contributed by atoms with E-state index in [0.29, 0.717) is 48.5 Å². The number of aromatic nitrogens is 3. The topological polar surface area (TPSA) is 87.0 Å². The molecule has 8 nitrogen and oxygen atoms in total. The van der Waals surface area contributed by atoms with Crippen LogP contribution in [0.1, 0.15) is 47.6 Å². The maximum Gasteiger partial charge on any atom is 0.280 e. The van der Waals surface area contributed by atoms with E-state index in [4.69, 9.17) is 14.2 Å². The number of nitrogens with zero attached hydrogens (tertiary/aromatic N) is 3. The standard InChI is InChI=1S/C26H26F2N4O4/c1-4-34-22-11-6-17(13-23(22)35-5-2)15-36-19-9-7-18(8-10-19)31-26(33)20-14-29-32-21(24(27)28)12-16(3)30-25(20)32/h6-14,24H,4-5,15H2,1-3H3,(H,31,33). The van der Waals surface area contributed by atoms with Crippen LogP contribution in [0.5, 0.6) is 17.2 Å². The highest BCUT2D eigenvalue weighted by Gasteiger charge is 2.20. The van der Waals surface area contributed by atoms with E-state index in [1.165, 1.54) is 12.3 Å². The van der Waals surface area contributed by atoms with Gasteiger partial charge in [-0.3, -0.25) is 4.79 Å². The van der Waals surface area contributed by atoms with Crippen LogP contribution in [-0.4, -0.2) is 33.7 Å². The molecule has 0 saturated carbocycles. The van der Waals surface area contributed by atoms with Gasteiger partial charge in [-0.1, -0.05) is 6.07 Å². The molecule has 4 aromatic rings. The number of anilines is 1. The number of hydrogen-bond acceptors (Lipinski definition) is 6. The Labute approximate surface area is 206 Å². The lowest BCUT2D eigenvalue weighted by Crippen LogP contribution is -2.12. The number of rotatable bonds is 10. The Morgan fingerprint density at radius 1 is 1.00 bits per heavy atom. The fourth-order valence-corrected chi connectivity index (χ4v) is 3.61. The summed E-state index contributed by atoms with van der Waals surface area (Å²) in [5, 5.41) is 6.66. The van der Waals surface area contributed by atoms with Gasteiger partial charge >= 0.3 is 0 Å². The van der Waals surface area contributed by atoms with Gasteiger partial charge in [0.15, 0.2) is 17.1 Å². The van der Waals surface area contributed by atoms with Crippen LogP contribution in [-0.2, 0) is 6.61 Å². The highest BCUT2D eigenvalue weighted by atomic mass is 19.3. The van der Waals surface area contributed by atoms with Gasteiger partial charge < -0.3 is 19.5 Å². The van der Waals surface area contributed by atoms with Crippen LogP contribution in [0.4, 0.5) is 14.5 Å². The van der Waals surface area contributed by atoms with Crippen molar-refractivity contribution < 1.29 is 27.8 Å². The van der Waals surface area contributed by atoms with Gasteiger partial charge in [-0.2, -0.15) is 5.10 Å². The average molecular weight is 497 g/mol. The Kier molecular flexibility index (Phi) is 7.62. The van der Waals surface area contributed by atoms with Gasteiger partial charge in [0.25, 0.3) is 12.3 Å². The molecule has 0 aliphatic carbocycles. The fourth-order valence-electron chi connectivity index (χ4n) is 3.61. The number of carbonyl (C=O) groups excluding carboxylic acids is 1. The zero-order chi connectivity index (χ0) is 25.7. The van der Waals surface area contributed by atoms with E-state index in [1.807, 2.05) is 32.0 Å². The van der Waals surface area contributed by atoms with Gasteiger partial charge in [0, 0.05) is 11.4 Å². The smallest absolute Gasteiger partial charge is 0.280 e. The van der Waals surface area contributed by atoms with Crippen molar-refractivity contribution in [3.05, 3.63) is 77.2 Å². The second kappa shape index (κ2) is 11.0. The number of halogens is 2. The molecule has 0 atom stereocenters. The quantitative estimate of drug-likeness (QED) is 0.307. The Morgan fingerprint density at radius 3 is 2.42 bits per heavy atom. The van der Waals surface area contributed by atoms with Crippen molar-refractivity contribution in [2.45, 2.75) is 33.8 Å². The van der Waals surface area contributed by atoms with Crippen LogP contribution in [0.25, 0.3) is 5.65 Å². The maximum atomic E-state index is 13.3. The molecule has 2 aromatic carbocycles. The highest BCUT2D eigenvalue weighted by Crippen LogP contribution is 2.29. The summed E-state index contributed by atoms with van der Waals surface area (Å²) >= 11 is 0. The zero-order valence-corrected chi connectivity index (χ0v) is 20.1. The number of ether oxygens (including phenoxy) is 3. The number of hydrogen-bond donors (Lipinski definition) is 1. The molecule has 1 amide bonds. The van der Waals surface area contributed by atoms with Crippen LogP contribution in [0.3, 0.4) is 0 Å². The molecule has 2 heterocycles. The molecule has 188 valence electrons. The number of alkyl halides is 2. The van der Waals surface area contributed by atoms with Crippen LogP contribution in [0.15, 0.2) is 54.7 Å². The van der Waals surface area contributed by atoms with E-state index >= 15 is 0 Å². The van der Waals surface area contributed by atoms with Crippen LogP contribution >= 0.6 is 0 Å². The maximum absolute atomic E-state index is 13.3.